The Morgan fingerprint density at radius 3 is 2.00 bits per heavy atom. The summed E-state index contributed by atoms with van der Waals surface area (Å²) in [5, 5.41) is 0. The molecule has 0 saturated heterocycles. The quantitative estimate of drug-likeness (QED) is 0.618. The van der Waals surface area contributed by atoms with Gasteiger partial charge in [0, 0.05) is 6.04 Å². The molecule has 2 atom stereocenters. The van der Waals surface area contributed by atoms with Gasteiger partial charge in [0.1, 0.15) is 0 Å². The van der Waals surface area contributed by atoms with E-state index >= 15 is 0 Å². The minimum Gasteiger partial charge on any atom is -0.328 e. The predicted octanol–water partition coefficient (Wildman–Crippen LogP) is 2.16. The van der Waals surface area contributed by atoms with Crippen molar-refractivity contribution in [3.63, 3.8) is 0 Å². The molecule has 0 radical (unpaired) electrons. The van der Waals surface area contributed by atoms with Gasteiger partial charge in [0.2, 0.25) is 0 Å². The highest BCUT2D eigenvalue weighted by Gasteiger charge is 2.08. The van der Waals surface area contributed by atoms with E-state index in [-0.39, 0.29) is 0 Å². The van der Waals surface area contributed by atoms with Crippen molar-refractivity contribution in [2.45, 2.75) is 46.1 Å². The van der Waals surface area contributed by atoms with E-state index in [1.807, 2.05) is 0 Å². The van der Waals surface area contributed by atoms with Gasteiger partial charge in [-0.2, -0.15) is 0 Å². The smallest absolute Gasteiger partial charge is 0.00386 e. The molecule has 0 fully saturated rings. The fourth-order valence-electron chi connectivity index (χ4n) is 1.21. The third-order valence-corrected chi connectivity index (χ3v) is 1.93. The average molecular weight is 129 g/mol. The molecule has 0 aliphatic heterocycles. The topological polar surface area (TPSA) is 26.0 Å². The normalized spacial score (nSPS) is 17.3. The monoisotopic (exact) mass is 129 g/mol. The lowest BCUT2D eigenvalue weighted by atomic mass is 9.94. The van der Waals surface area contributed by atoms with Gasteiger partial charge in [0.15, 0.2) is 0 Å². The summed E-state index contributed by atoms with van der Waals surface area (Å²) >= 11 is 0. The lowest BCUT2D eigenvalue weighted by Crippen LogP contribution is -2.25. The van der Waals surface area contributed by atoms with Gasteiger partial charge < -0.3 is 5.73 Å². The van der Waals surface area contributed by atoms with E-state index in [9.17, 15) is 0 Å². The minimum absolute atomic E-state index is 0.384. The van der Waals surface area contributed by atoms with E-state index < -0.39 is 0 Å². The van der Waals surface area contributed by atoms with E-state index in [4.69, 9.17) is 5.73 Å². The first-order chi connectivity index (χ1) is 4.22. The first-order valence-electron chi connectivity index (χ1n) is 3.97. The van der Waals surface area contributed by atoms with E-state index in [1.165, 1.54) is 19.3 Å². The summed E-state index contributed by atoms with van der Waals surface area (Å²) in [5.74, 6) is 0.745. The van der Waals surface area contributed by atoms with Crippen molar-refractivity contribution in [1.29, 1.82) is 0 Å². The van der Waals surface area contributed by atoms with Crippen molar-refractivity contribution in [2.75, 3.05) is 0 Å². The molecule has 0 saturated carbocycles. The Balaban J connectivity index is 3.41. The zero-order chi connectivity index (χ0) is 7.28. The van der Waals surface area contributed by atoms with Crippen molar-refractivity contribution in [1.82, 2.24) is 0 Å². The standard InChI is InChI=1S/C8H19N/c1-4-6-8(5-2)7(3)9/h7-8H,4-6,9H2,1-3H3/t7-,8?/m1/s1. The van der Waals surface area contributed by atoms with Gasteiger partial charge in [-0.25, -0.2) is 0 Å². The molecular weight excluding hydrogens is 110 g/mol. The van der Waals surface area contributed by atoms with Crippen LogP contribution in [0.5, 0.6) is 0 Å². The first-order valence-corrected chi connectivity index (χ1v) is 3.97. The van der Waals surface area contributed by atoms with E-state index in [1.54, 1.807) is 0 Å². The molecule has 1 nitrogen and oxygen atoms in total. The van der Waals surface area contributed by atoms with Crippen LogP contribution < -0.4 is 5.73 Å². The van der Waals surface area contributed by atoms with Crippen LogP contribution >= 0.6 is 0 Å². The van der Waals surface area contributed by atoms with Crippen LogP contribution in [0.4, 0.5) is 0 Å². The molecule has 0 aromatic heterocycles. The minimum atomic E-state index is 0.384. The molecule has 0 rings (SSSR count). The maximum absolute atomic E-state index is 5.73. The van der Waals surface area contributed by atoms with Gasteiger partial charge >= 0.3 is 0 Å². The van der Waals surface area contributed by atoms with Crippen LogP contribution in [0.1, 0.15) is 40.0 Å². The number of hydrogen-bond acceptors (Lipinski definition) is 1. The zero-order valence-corrected chi connectivity index (χ0v) is 6.85. The van der Waals surface area contributed by atoms with Gasteiger partial charge in [-0.15, -0.1) is 0 Å². The Bertz CT molecular complexity index is 59.6. The van der Waals surface area contributed by atoms with Crippen LogP contribution in [-0.2, 0) is 0 Å². The third-order valence-electron chi connectivity index (χ3n) is 1.93. The highest BCUT2D eigenvalue weighted by atomic mass is 14.6. The summed E-state index contributed by atoms with van der Waals surface area (Å²) in [7, 11) is 0. The summed E-state index contributed by atoms with van der Waals surface area (Å²) in [6.07, 6.45) is 3.78. The van der Waals surface area contributed by atoms with Crippen LogP contribution in [-0.4, -0.2) is 6.04 Å². The van der Waals surface area contributed by atoms with Gasteiger partial charge in [0.25, 0.3) is 0 Å². The van der Waals surface area contributed by atoms with Crippen LogP contribution in [0.2, 0.25) is 0 Å². The predicted molar refractivity (Wildman–Crippen MR) is 42.3 cm³/mol. The Morgan fingerprint density at radius 2 is 1.89 bits per heavy atom. The number of hydrogen-bond donors (Lipinski definition) is 1. The van der Waals surface area contributed by atoms with Crippen molar-refractivity contribution in [3.8, 4) is 0 Å². The Labute approximate surface area is 58.6 Å². The van der Waals surface area contributed by atoms with E-state index in [0.717, 1.165) is 5.92 Å². The van der Waals surface area contributed by atoms with Gasteiger partial charge in [-0.1, -0.05) is 26.7 Å². The van der Waals surface area contributed by atoms with Crippen molar-refractivity contribution >= 4 is 0 Å². The molecule has 0 aliphatic carbocycles. The summed E-state index contributed by atoms with van der Waals surface area (Å²) in [4.78, 5) is 0. The Kier molecular flexibility index (Phi) is 4.78. The SMILES string of the molecule is CCCC(CC)[C@@H](C)N. The molecule has 0 heterocycles. The van der Waals surface area contributed by atoms with Crippen molar-refractivity contribution in [2.24, 2.45) is 11.7 Å². The van der Waals surface area contributed by atoms with Crippen molar-refractivity contribution in [3.05, 3.63) is 0 Å². The molecule has 56 valence electrons. The summed E-state index contributed by atoms with van der Waals surface area (Å²) in [5.41, 5.74) is 5.73. The molecule has 9 heavy (non-hydrogen) atoms. The molecule has 0 aromatic rings. The fourth-order valence-corrected chi connectivity index (χ4v) is 1.21. The molecule has 0 aliphatic rings. The fraction of sp³-hybridized carbons (Fsp3) is 1.00. The summed E-state index contributed by atoms with van der Waals surface area (Å²) < 4.78 is 0. The summed E-state index contributed by atoms with van der Waals surface area (Å²) in [6, 6.07) is 0.384. The molecule has 0 amide bonds. The first kappa shape index (κ1) is 8.96. The Morgan fingerprint density at radius 1 is 1.33 bits per heavy atom. The largest absolute Gasteiger partial charge is 0.328 e. The second-order valence-corrected chi connectivity index (χ2v) is 2.82. The number of rotatable bonds is 4. The summed E-state index contributed by atoms with van der Waals surface area (Å²) in [6.45, 7) is 6.53. The Hall–Kier alpha value is -0.0400. The van der Waals surface area contributed by atoms with Gasteiger partial charge in [0.05, 0.1) is 0 Å². The second kappa shape index (κ2) is 4.80. The van der Waals surface area contributed by atoms with Crippen LogP contribution in [0, 0.1) is 5.92 Å². The van der Waals surface area contributed by atoms with Crippen molar-refractivity contribution < 1.29 is 0 Å². The van der Waals surface area contributed by atoms with Crippen LogP contribution in [0.15, 0.2) is 0 Å². The molecule has 0 spiro atoms. The van der Waals surface area contributed by atoms with Gasteiger partial charge in [-0.05, 0) is 19.3 Å². The maximum Gasteiger partial charge on any atom is 0.00386 e. The molecular formula is C8H19N. The lowest BCUT2D eigenvalue weighted by Gasteiger charge is -2.17. The average Bonchev–Trinajstić information content (AvgIpc) is 1.82. The highest BCUT2D eigenvalue weighted by molar-refractivity contribution is 4.65. The van der Waals surface area contributed by atoms with Crippen LogP contribution in [0.25, 0.3) is 0 Å². The lowest BCUT2D eigenvalue weighted by molar-refractivity contribution is 0.397. The molecule has 1 heteroatoms. The molecule has 2 N–H and O–H groups in total. The zero-order valence-electron chi connectivity index (χ0n) is 6.85. The van der Waals surface area contributed by atoms with Gasteiger partial charge in [-0.3, -0.25) is 0 Å². The number of nitrogens with two attached hydrogens (primary N) is 1. The molecule has 0 bridgehead atoms. The highest BCUT2D eigenvalue weighted by Crippen LogP contribution is 2.12. The van der Waals surface area contributed by atoms with E-state index in [2.05, 4.69) is 20.8 Å². The molecule has 1 unspecified atom stereocenters. The van der Waals surface area contributed by atoms with Crippen LogP contribution in [0.3, 0.4) is 0 Å². The van der Waals surface area contributed by atoms with E-state index in [0.29, 0.717) is 6.04 Å². The molecule has 0 aromatic carbocycles. The second-order valence-electron chi connectivity index (χ2n) is 2.82. The maximum atomic E-state index is 5.73. The third kappa shape index (κ3) is 3.52.